The van der Waals surface area contributed by atoms with E-state index in [-0.39, 0.29) is 51.0 Å². The van der Waals surface area contributed by atoms with Crippen LogP contribution in [-0.4, -0.2) is 42.0 Å². The predicted molar refractivity (Wildman–Crippen MR) is 145 cm³/mol. The van der Waals surface area contributed by atoms with E-state index in [1.54, 1.807) is 19.3 Å². The number of anilines is 1. The number of aryl methyl sites for hydroxylation is 1. The number of carbonyl (C=O) groups is 1. The normalized spacial score (nSPS) is 14.5. The molecule has 15 heteroatoms. The van der Waals surface area contributed by atoms with Crippen molar-refractivity contribution in [2.45, 2.75) is 37.7 Å². The van der Waals surface area contributed by atoms with Crippen molar-refractivity contribution < 1.29 is 41.3 Å². The van der Waals surface area contributed by atoms with Crippen LogP contribution >= 0.6 is 0 Å². The zero-order valence-corrected chi connectivity index (χ0v) is 22.8. The Hall–Kier alpha value is -5.05. The van der Waals surface area contributed by atoms with Gasteiger partial charge >= 0.3 is 12.8 Å². The van der Waals surface area contributed by atoms with Crippen molar-refractivity contribution in [3.05, 3.63) is 83.9 Å². The van der Waals surface area contributed by atoms with Gasteiger partial charge in [0.05, 0.1) is 28.6 Å². The molecule has 1 aliphatic rings. The van der Waals surface area contributed by atoms with E-state index < -0.39 is 29.9 Å². The SMILES string of the molecule is Cn1cc(NC(=O)c2cnn3cccnc23)c(-c2cc(Oc3cc(C(F)(F)F)cc(C4(O)CCC4)c3)ccc2OC(F)F)n1. The first-order valence-corrected chi connectivity index (χ1v) is 13.3. The highest BCUT2D eigenvalue weighted by atomic mass is 19.4. The van der Waals surface area contributed by atoms with Crippen LogP contribution in [0.1, 0.15) is 40.7 Å². The van der Waals surface area contributed by atoms with Crippen LogP contribution in [0.25, 0.3) is 16.9 Å². The summed E-state index contributed by atoms with van der Waals surface area (Å²) in [6.45, 7) is -3.22. The second-order valence-corrected chi connectivity index (χ2v) is 10.2. The number of carbonyl (C=O) groups excluding carboxylic acids is 1. The van der Waals surface area contributed by atoms with Crippen molar-refractivity contribution in [2.24, 2.45) is 7.05 Å². The van der Waals surface area contributed by atoms with Gasteiger partial charge in [0, 0.05) is 25.6 Å². The maximum absolute atomic E-state index is 13.7. The molecule has 1 amide bonds. The van der Waals surface area contributed by atoms with E-state index in [9.17, 15) is 31.9 Å². The maximum atomic E-state index is 13.7. The molecule has 0 bridgehead atoms. The quantitative estimate of drug-likeness (QED) is 0.201. The van der Waals surface area contributed by atoms with Gasteiger partial charge in [-0.15, -0.1) is 0 Å². The van der Waals surface area contributed by atoms with E-state index in [1.807, 2.05) is 0 Å². The molecule has 228 valence electrons. The lowest BCUT2D eigenvalue weighted by molar-refractivity contribution is -0.138. The van der Waals surface area contributed by atoms with Gasteiger partial charge in [-0.1, -0.05) is 0 Å². The van der Waals surface area contributed by atoms with Crippen molar-refractivity contribution >= 4 is 17.2 Å². The zero-order valence-electron chi connectivity index (χ0n) is 22.8. The Bertz CT molecular complexity index is 1860. The lowest BCUT2D eigenvalue weighted by atomic mass is 9.75. The molecule has 3 heterocycles. The zero-order chi connectivity index (χ0) is 31.2. The predicted octanol–water partition coefficient (Wildman–Crippen LogP) is 6.17. The average Bonchev–Trinajstić information content (AvgIpc) is 3.54. The van der Waals surface area contributed by atoms with E-state index in [2.05, 4.69) is 20.5 Å². The highest BCUT2D eigenvalue weighted by molar-refractivity contribution is 6.09. The Kier molecular flexibility index (Phi) is 7.19. The van der Waals surface area contributed by atoms with Gasteiger partial charge in [-0.2, -0.15) is 32.1 Å². The summed E-state index contributed by atoms with van der Waals surface area (Å²) >= 11 is 0. The number of benzene rings is 2. The minimum Gasteiger partial charge on any atom is -0.457 e. The van der Waals surface area contributed by atoms with Crippen LogP contribution in [0.3, 0.4) is 0 Å². The Morgan fingerprint density at radius 2 is 1.93 bits per heavy atom. The minimum atomic E-state index is -4.72. The summed E-state index contributed by atoms with van der Waals surface area (Å²) in [4.78, 5) is 17.3. The van der Waals surface area contributed by atoms with Crippen LogP contribution in [0.2, 0.25) is 0 Å². The number of rotatable bonds is 8. The number of aromatic nitrogens is 5. The number of nitrogens with zero attached hydrogens (tertiary/aromatic N) is 5. The summed E-state index contributed by atoms with van der Waals surface area (Å²) in [5.74, 6) is -1.20. The van der Waals surface area contributed by atoms with E-state index in [1.165, 1.54) is 46.0 Å². The van der Waals surface area contributed by atoms with Crippen molar-refractivity contribution in [2.75, 3.05) is 5.32 Å². The summed E-state index contributed by atoms with van der Waals surface area (Å²) in [5, 5.41) is 21.8. The summed E-state index contributed by atoms with van der Waals surface area (Å²) in [6.07, 6.45) is 2.40. The number of hydrogen-bond donors (Lipinski definition) is 2. The standard InChI is InChI=1S/C29H23F5N6O4/c1-39-15-22(37-26(41)21-14-36-40-9-3-8-35-25(21)40)24(38-39)20-13-18(4-5-23(20)44-27(30)31)43-19-11-16(28(42)6-2-7-28)10-17(12-19)29(32,33)34/h3-5,8-15,27,42H,2,6-7H2,1H3,(H,37,41). The van der Waals surface area contributed by atoms with Crippen LogP contribution < -0.4 is 14.8 Å². The molecule has 0 radical (unpaired) electrons. The number of fused-ring (bicyclic) bond motifs is 1. The lowest BCUT2D eigenvalue weighted by Gasteiger charge is -2.37. The first-order valence-electron chi connectivity index (χ1n) is 13.3. The van der Waals surface area contributed by atoms with Crippen LogP contribution in [0.4, 0.5) is 27.6 Å². The molecule has 44 heavy (non-hydrogen) atoms. The van der Waals surface area contributed by atoms with E-state index in [4.69, 9.17) is 9.47 Å². The first kappa shape index (κ1) is 29.0. The molecule has 5 aromatic rings. The minimum absolute atomic E-state index is 0.0138. The van der Waals surface area contributed by atoms with Gasteiger partial charge in [-0.25, -0.2) is 9.50 Å². The molecule has 2 aromatic carbocycles. The highest BCUT2D eigenvalue weighted by Crippen LogP contribution is 2.45. The molecule has 0 atom stereocenters. The fourth-order valence-electron chi connectivity index (χ4n) is 4.94. The maximum Gasteiger partial charge on any atom is 0.416 e. The van der Waals surface area contributed by atoms with Crippen molar-refractivity contribution in [3.8, 4) is 28.5 Å². The molecule has 10 nitrogen and oxygen atoms in total. The van der Waals surface area contributed by atoms with Gasteiger partial charge in [0.25, 0.3) is 5.91 Å². The Morgan fingerprint density at radius 1 is 1.14 bits per heavy atom. The molecule has 1 saturated carbocycles. The third kappa shape index (κ3) is 5.65. The molecular weight excluding hydrogens is 591 g/mol. The lowest BCUT2D eigenvalue weighted by Crippen LogP contribution is -2.33. The molecule has 0 spiro atoms. The monoisotopic (exact) mass is 614 g/mol. The second-order valence-electron chi connectivity index (χ2n) is 10.2. The number of alkyl halides is 5. The largest absolute Gasteiger partial charge is 0.457 e. The van der Waals surface area contributed by atoms with Gasteiger partial charge in [0.2, 0.25) is 0 Å². The van der Waals surface area contributed by atoms with Crippen LogP contribution in [0.5, 0.6) is 17.2 Å². The Labute approximate surface area is 245 Å². The van der Waals surface area contributed by atoms with Gasteiger partial charge in [-0.3, -0.25) is 9.48 Å². The number of nitrogens with one attached hydrogen (secondary N) is 1. The molecule has 3 aromatic heterocycles. The van der Waals surface area contributed by atoms with Crippen molar-refractivity contribution in [3.63, 3.8) is 0 Å². The van der Waals surface area contributed by atoms with Crippen molar-refractivity contribution in [1.82, 2.24) is 24.4 Å². The number of ether oxygens (including phenoxy) is 2. The number of hydrogen-bond acceptors (Lipinski definition) is 7. The smallest absolute Gasteiger partial charge is 0.416 e. The van der Waals surface area contributed by atoms with Crippen LogP contribution in [0, 0.1) is 0 Å². The third-order valence-electron chi connectivity index (χ3n) is 7.21. The molecule has 2 N–H and O–H groups in total. The van der Waals surface area contributed by atoms with Gasteiger partial charge in [0.15, 0.2) is 5.65 Å². The molecule has 1 aliphatic carbocycles. The third-order valence-corrected chi connectivity index (χ3v) is 7.21. The molecule has 0 saturated heterocycles. The van der Waals surface area contributed by atoms with Crippen molar-refractivity contribution in [1.29, 1.82) is 0 Å². The fourth-order valence-corrected chi connectivity index (χ4v) is 4.94. The summed E-state index contributed by atoms with van der Waals surface area (Å²) in [5.41, 5.74) is -1.87. The van der Waals surface area contributed by atoms with E-state index >= 15 is 0 Å². The Balaban J connectivity index is 1.37. The van der Waals surface area contributed by atoms with Crippen LogP contribution in [-0.2, 0) is 18.8 Å². The molecule has 0 unspecified atom stereocenters. The Morgan fingerprint density at radius 3 is 2.64 bits per heavy atom. The number of amides is 1. The number of halogens is 5. The number of aliphatic hydroxyl groups is 1. The molecule has 6 rings (SSSR count). The van der Waals surface area contributed by atoms with Gasteiger partial charge < -0.3 is 19.9 Å². The topological polar surface area (TPSA) is 116 Å². The summed E-state index contributed by atoms with van der Waals surface area (Å²) < 4.78 is 81.1. The first-order chi connectivity index (χ1) is 20.9. The molecule has 1 fully saturated rings. The van der Waals surface area contributed by atoms with E-state index in [0.717, 1.165) is 18.2 Å². The van der Waals surface area contributed by atoms with Crippen LogP contribution in [0.15, 0.2) is 67.3 Å². The summed E-state index contributed by atoms with van der Waals surface area (Å²) in [7, 11) is 1.54. The van der Waals surface area contributed by atoms with Gasteiger partial charge in [-0.05, 0) is 67.3 Å². The molecular formula is C29H23F5N6O4. The fraction of sp³-hybridized carbons (Fsp3) is 0.241. The van der Waals surface area contributed by atoms with E-state index in [0.29, 0.717) is 19.3 Å². The summed E-state index contributed by atoms with van der Waals surface area (Å²) in [6, 6.07) is 8.27. The van der Waals surface area contributed by atoms with Gasteiger partial charge in [0.1, 0.15) is 28.5 Å². The average molecular weight is 615 g/mol. The second kappa shape index (κ2) is 10.9. The molecule has 0 aliphatic heterocycles. The highest BCUT2D eigenvalue weighted by Gasteiger charge is 2.39.